The number of ether oxygens (including phenoxy) is 1. The van der Waals surface area contributed by atoms with Crippen LogP contribution in [0, 0.1) is 0 Å². The third-order valence-electron chi connectivity index (χ3n) is 3.01. The van der Waals surface area contributed by atoms with Gasteiger partial charge in [-0.2, -0.15) is 0 Å². The molecule has 0 aromatic heterocycles. The van der Waals surface area contributed by atoms with Gasteiger partial charge in [0.15, 0.2) is 0 Å². The van der Waals surface area contributed by atoms with E-state index in [4.69, 9.17) is 10.5 Å². The van der Waals surface area contributed by atoms with Gasteiger partial charge in [0.25, 0.3) is 0 Å². The molecule has 0 aliphatic heterocycles. The molecule has 0 radical (unpaired) electrons. The van der Waals surface area contributed by atoms with Crippen LogP contribution >= 0.6 is 0 Å². The van der Waals surface area contributed by atoms with Crippen LogP contribution in [0.5, 0.6) is 5.75 Å². The zero-order valence-corrected chi connectivity index (χ0v) is 9.73. The van der Waals surface area contributed by atoms with Crippen LogP contribution in [-0.2, 0) is 0 Å². The molecule has 2 nitrogen and oxygen atoms in total. The second-order valence-electron chi connectivity index (χ2n) is 4.07. The van der Waals surface area contributed by atoms with E-state index in [1.54, 1.807) is 7.11 Å². The predicted molar refractivity (Wildman–Crippen MR) is 68.0 cm³/mol. The van der Waals surface area contributed by atoms with Crippen LogP contribution in [0.15, 0.2) is 36.4 Å². The van der Waals surface area contributed by atoms with Crippen molar-refractivity contribution in [3.8, 4) is 5.75 Å². The summed E-state index contributed by atoms with van der Waals surface area (Å²) in [5.41, 5.74) is 7.03. The third kappa shape index (κ3) is 1.89. The molecule has 0 saturated heterocycles. The van der Waals surface area contributed by atoms with E-state index in [0.717, 1.165) is 5.75 Å². The second kappa shape index (κ2) is 4.54. The van der Waals surface area contributed by atoms with E-state index < -0.39 is 0 Å². The third-order valence-corrected chi connectivity index (χ3v) is 3.01. The van der Waals surface area contributed by atoms with Gasteiger partial charge in [-0.05, 0) is 40.9 Å². The molecule has 2 aromatic rings. The highest BCUT2D eigenvalue weighted by Gasteiger charge is 2.07. The zero-order chi connectivity index (χ0) is 11.5. The Balaban J connectivity index is 2.60. The van der Waals surface area contributed by atoms with Gasteiger partial charge < -0.3 is 10.5 Å². The minimum absolute atomic E-state index is 0.386. The fraction of sp³-hybridized carbons (Fsp3) is 0.286. The Morgan fingerprint density at radius 3 is 2.75 bits per heavy atom. The smallest absolute Gasteiger partial charge is 0.119 e. The van der Waals surface area contributed by atoms with Crippen molar-refractivity contribution in [2.45, 2.75) is 12.8 Å². The highest BCUT2D eigenvalue weighted by Crippen LogP contribution is 2.27. The average Bonchev–Trinajstić information content (AvgIpc) is 2.36. The van der Waals surface area contributed by atoms with Crippen molar-refractivity contribution >= 4 is 10.8 Å². The van der Waals surface area contributed by atoms with Crippen molar-refractivity contribution < 1.29 is 4.74 Å². The summed E-state index contributed by atoms with van der Waals surface area (Å²) < 4.78 is 5.22. The maximum atomic E-state index is 5.73. The summed E-state index contributed by atoms with van der Waals surface area (Å²) in [5.74, 6) is 1.28. The first kappa shape index (κ1) is 11.0. The van der Waals surface area contributed by atoms with Crippen molar-refractivity contribution in [3.63, 3.8) is 0 Å². The Hall–Kier alpha value is -1.54. The first-order valence-electron chi connectivity index (χ1n) is 5.53. The lowest BCUT2D eigenvalue weighted by molar-refractivity contribution is 0.415. The van der Waals surface area contributed by atoms with Crippen LogP contribution < -0.4 is 10.5 Å². The van der Waals surface area contributed by atoms with Gasteiger partial charge in [0.1, 0.15) is 5.75 Å². The summed E-state index contributed by atoms with van der Waals surface area (Å²) >= 11 is 0. The fourth-order valence-corrected chi connectivity index (χ4v) is 1.97. The van der Waals surface area contributed by atoms with E-state index in [2.05, 4.69) is 37.3 Å². The molecule has 0 amide bonds. The van der Waals surface area contributed by atoms with Gasteiger partial charge in [0.05, 0.1) is 7.11 Å². The molecule has 1 unspecified atom stereocenters. The Labute approximate surface area is 96.0 Å². The predicted octanol–water partition coefficient (Wildman–Crippen LogP) is 2.91. The average molecular weight is 215 g/mol. The zero-order valence-electron chi connectivity index (χ0n) is 9.73. The SMILES string of the molecule is COc1ccc2c(C(C)CN)cccc2c1. The van der Waals surface area contributed by atoms with E-state index in [-0.39, 0.29) is 0 Å². The molecule has 2 aromatic carbocycles. The van der Waals surface area contributed by atoms with Crippen LogP contribution in [0.4, 0.5) is 0 Å². The van der Waals surface area contributed by atoms with Gasteiger partial charge in [-0.25, -0.2) is 0 Å². The quantitative estimate of drug-likeness (QED) is 0.854. The Morgan fingerprint density at radius 1 is 1.25 bits per heavy atom. The van der Waals surface area contributed by atoms with E-state index >= 15 is 0 Å². The van der Waals surface area contributed by atoms with E-state index in [1.165, 1.54) is 16.3 Å². The van der Waals surface area contributed by atoms with Crippen LogP contribution in [-0.4, -0.2) is 13.7 Å². The number of nitrogens with two attached hydrogens (primary N) is 1. The standard InChI is InChI=1S/C14H17NO/c1-10(9-15)13-5-3-4-11-8-12(16-2)6-7-14(11)13/h3-8,10H,9,15H2,1-2H3. The molecule has 0 heterocycles. The van der Waals surface area contributed by atoms with E-state index in [0.29, 0.717) is 12.5 Å². The lowest BCUT2D eigenvalue weighted by Crippen LogP contribution is -2.09. The minimum atomic E-state index is 0.386. The molecule has 0 saturated carbocycles. The molecule has 0 aliphatic rings. The molecular weight excluding hydrogens is 198 g/mol. The maximum absolute atomic E-state index is 5.73. The highest BCUT2D eigenvalue weighted by molar-refractivity contribution is 5.87. The van der Waals surface area contributed by atoms with Gasteiger partial charge in [0, 0.05) is 0 Å². The van der Waals surface area contributed by atoms with Gasteiger partial charge in [-0.3, -0.25) is 0 Å². The summed E-state index contributed by atoms with van der Waals surface area (Å²) in [5, 5.41) is 2.47. The Kier molecular flexibility index (Phi) is 3.11. The molecule has 2 heteroatoms. The van der Waals surface area contributed by atoms with Crippen LogP contribution in [0.3, 0.4) is 0 Å². The lowest BCUT2D eigenvalue weighted by atomic mass is 9.95. The molecule has 84 valence electrons. The number of methoxy groups -OCH3 is 1. The molecule has 0 aliphatic carbocycles. The summed E-state index contributed by atoms with van der Waals surface area (Å²) in [7, 11) is 1.69. The molecule has 16 heavy (non-hydrogen) atoms. The summed E-state index contributed by atoms with van der Waals surface area (Å²) in [6, 6.07) is 12.5. The molecule has 2 N–H and O–H groups in total. The van der Waals surface area contributed by atoms with Crippen molar-refractivity contribution in [3.05, 3.63) is 42.0 Å². The lowest BCUT2D eigenvalue weighted by Gasteiger charge is -2.13. The van der Waals surface area contributed by atoms with Gasteiger partial charge >= 0.3 is 0 Å². The van der Waals surface area contributed by atoms with Crippen LogP contribution in [0.2, 0.25) is 0 Å². The monoisotopic (exact) mass is 215 g/mol. The molecule has 1 atom stereocenters. The first-order valence-corrected chi connectivity index (χ1v) is 5.53. The highest BCUT2D eigenvalue weighted by atomic mass is 16.5. The molecular formula is C14H17NO. The van der Waals surface area contributed by atoms with Crippen molar-refractivity contribution in [1.82, 2.24) is 0 Å². The minimum Gasteiger partial charge on any atom is -0.497 e. The number of rotatable bonds is 3. The van der Waals surface area contributed by atoms with Gasteiger partial charge in [-0.15, -0.1) is 0 Å². The van der Waals surface area contributed by atoms with Gasteiger partial charge in [0.2, 0.25) is 0 Å². The molecule has 0 fully saturated rings. The van der Waals surface area contributed by atoms with Crippen molar-refractivity contribution in [2.24, 2.45) is 5.73 Å². The molecule has 2 rings (SSSR count). The molecule has 0 spiro atoms. The number of fused-ring (bicyclic) bond motifs is 1. The number of hydrogen-bond acceptors (Lipinski definition) is 2. The number of benzene rings is 2. The summed E-state index contributed by atoms with van der Waals surface area (Å²) in [4.78, 5) is 0. The normalized spacial score (nSPS) is 12.7. The molecule has 0 bridgehead atoms. The summed E-state index contributed by atoms with van der Waals surface area (Å²) in [6.45, 7) is 2.82. The van der Waals surface area contributed by atoms with E-state index in [9.17, 15) is 0 Å². The van der Waals surface area contributed by atoms with Crippen LogP contribution in [0.25, 0.3) is 10.8 Å². The first-order chi connectivity index (χ1) is 7.76. The maximum Gasteiger partial charge on any atom is 0.119 e. The number of hydrogen-bond donors (Lipinski definition) is 1. The topological polar surface area (TPSA) is 35.2 Å². The van der Waals surface area contributed by atoms with Gasteiger partial charge in [-0.1, -0.05) is 31.2 Å². The van der Waals surface area contributed by atoms with Crippen LogP contribution in [0.1, 0.15) is 18.4 Å². The summed E-state index contributed by atoms with van der Waals surface area (Å²) in [6.07, 6.45) is 0. The Bertz CT molecular complexity index is 493. The van der Waals surface area contributed by atoms with Crippen molar-refractivity contribution in [1.29, 1.82) is 0 Å². The second-order valence-corrected chi connectivity index (χ2v) is 4.07. The fourth-order valence-electron chi connectivity index (χ4n) is 1.97. The van der Waals surface area contributed by atoms with Crippen molar-refractivity contribution in [2.75, 3.05) is 13.7 Å². The van der Waals surface area contributed by atoms with E-state index in [1.807, 2.05) is 6.07 Å². The largest absolute Gasteiger partial charge is 0.497 e. The Morgan fingerprint density at radius 2 is 2.06 bits per heavy atom.